The fraction of sp³-hybridized carbons (Fsp3) is 0.800. The monoisotopic (exact) mass is 325 g/mol. The van der Waals surface area contributed by atoms with Crippen molar-refractivity contribution in [3.8, 4) is 0 Å². The predicted octanol–water partition coefficient (Wildman–Crippen LogP) is 1.95. The Labute approximate surface area is 134 Å². The number of hydrazine groups is 1. The lowest BCUT2D eigenvalue weighted by atomic mass is 9.82. The first-order valence-electron chi connectivity index (χ1n) is 8.18. The van der Waals surface area contributed by atoms with Crippen molar-refractivity contribution in [3.63, 3.8) is 0 Å². The summed E-state index contributed by atoms with van der Waals surface area (Å²) in [6.07, 6.45) is 9.07. The van der Waals surface area contributed by atoms with Gasteiger partial charge in [-0.05, 0) is 25.7 Å². The molecule has 2 N–H and O–H groups in total. The Morgan fingerprint density at radius 1 is 1.18 bits per heavy atom. The van der Waals surface area contributed by atoms with E-state index in [0.717, 1.165) is 37.1 Å². The molecule has 1 spiro atoms. The standard InChI is InChI=1S/C15H23N3O3S/c19-12(10-22-11-6-2-3-7-11)17-18-13(20)15(16-14(18)21)8-4-1-5-9-15/h11H,1-10H2,(H,16,21)(H,17,19). The van der Waals surface area contributed by atoms with Gasteiger partial charge in [-0.1, -0.05) is 32.1 Å². The van der Waals surface area contributed by atoms with Crippen LogP contribution < -0.4 is 10.7 Å². The molecule has 3 rings (SSSR count). The summed E-state index contributed by atoms with van der Waals surface area (Å²) in [6.45, 7) is 0. The Bertz CT molecular complexity index is 471. The number of amides is 4. The van der Waals surface area contributed by atoms with Crippen molar-refractivity contribution < 1.29 is 14.4 Å². The topological polar surface area (TPSA) is 78.5 Å². The average molecular weight is 325 g/mol. The molecule has 1 saturated heterocycles. The first kappa shape index (κ1) is 15.6. The van der Waals surface area contributed by atoms with Crippen molar-refractivity contribution in [3.05, 3.63) is 0 Å². The number of urea groups is 1. The summed E-state index contributed by atoms with van der Waals surface area (Å²) in [5.74, 6) is -0.265. The molecule has 1 aliphatic heterocycles. The number of hydrogen-bond donors (Lipinski definition) is 2. The number of nitrogens with zero attached hydrogens (tertiary/aromatic N) is 1. The molecule has 0 aromatic heterocycles. The molecule has 1 heterocycles. The zero-order valence-electron chi connectivity index (χ0n) is 12.7. The molecule has 0 bridgehead atoms. The fourth-order valence-electron chi connectivity index (χ4n) is 3.62. The average Bonchev–Trinajstić information content (AvgIpc) is 3.10. The van der Waals surface area contributed by atoms with Crippen molar-refractivity contribution in [1.29, 1.82) is 0 Å². The number of nitrogens with one attached hydrogen (secondary N) is 2. The van der Waals surface area contributed by atoms with Gasteiger partial charge in [-0.25, -0.2) is 4.79 Å². The lowest BCUT2D eigenvalue weighted by Gasteiger charge is -2.30. The van der Waals surface area contributed by atoms with Gasteiger partial charge in [0.15, 0.2) is 0 Å². The Morgan fingerprint density at radius 2 is 1.86 bits per heavy atom. The van der Waals surface area contributed by atoms with Gasteiger partial charge in [0, 0.05) is 5.25 Å². The molecular formula is C15H23N3O3S. The lowest BCUT2D eigenvalue weighted by Crippen LogP contribution is -2.51. The first-order valence-corrected chi connectivity index (χ1v) is 9.23. The third kappa shape index (κ3) is 3.09. The molecule has 4 amide bonds. The largest absolute Gasteiger partial charge is 0.344 e. The number of rotatable bonds is 4. The summed E-state index contributed by atoms with van der Waals surface area (Å²) in [6, 6.07) is -0.494. The zero-order valence-corrected chi connectivity index (χ0v) is 13.5. The van der Waals surface area contributed by atoms with E-state index in [-0.39, 0.29) is 11.8 Å². The second kappa shape index (κ2) is 6.48. The third-order valence-corrected chi connectivity index (χ3v) is 6.23. The maximum atomic E-state index is 12.5. The SMILES string of the molecule is O=C(CSC1CCCC1)NN1C(=O)NC2(CCCCC2)C1=O. The molecule has 3 aliphatic rings. The summed E-state index contributed by atoms with van der Waals surface area (Å²) in [4.78, 5) is 36.5. The van der Waals surface area contributed by atoms with Crippen LogP contribution in [0.2, 0.25) is 0 Å². The van der Waals surface area contributed by atoms with Crippen LogP contribution in [0.4, 0.5) is 4.79 Å². The van der Waals surface area contributed by atoms with Crippen LogP contribution in [0.1, 0.15) is 57.8 Å². The maximum Gasteiger partial charge on any atom is 0.344 e. The Kier molecular flexibility index (Phi) is 4.61. The third-order valence-electron chi connectivity index (χ3n) is 4.86. The van der Waals surface area contributed by atoms with Crippen molar-refractivity contribution in [2.24, 2.45) is 0 Å². The molecule has 0 aromatic rings. The Hall–Kier alpha value is -1.24. The molecule has 2 saturated carbocycles. The normalized spacial score (nSPS) is 24.8. The highest BCUT2D eigenvalue weighted by Gasteiger charge is 2.52. The van der Waals surface area contributed by atoms with Gasteiger partial charge in [-0.2, -0.15) is 5.01 Å². The van der Waals surface area contributed by atoms with E-state index >= 15 is 0 Å². The van der Waals surface area contributed by atoms with Crippen LogP contribution in [0, 0.1) is 0 Å². The first-order chi connectivity index (χ1) is 10.6. The number of imide groups is 1. The smallest absolute Gasteiger partial charge is 0.322 e. The molecule has 122 valence electrons. The number of hydrogen-bond acceptors (Lipinski definition) is 4. The molecule has 22 heavy (non-hydrogen) atoms. The van der Waals surface area contributed by atoms with Crippen molar-refractivity contribution in [2.75, 3.05) is 5.75 Å². The van der Waals surface area contributed by atoms with Crippen molar-refractivity contribution in [1.82, 2.24) is 15.8 Å². The van der Waals surface area contributed by atoms with Gasteiger partial charge in [0.25, 0.3) is 5.91 Å². The van der Waals surface area contributed by atoms with Crippen LogP contribution in [0.3, 0.4) is 0 Å². The van der Waals surface area contributed by atoms with E-state index in [1.54, 1.807) is 11.8 Å². The summed E-state index contributed by atoms with van der Waals surface area (Å²) >= 11 is 1.62. The molecule has 0 atom stereocenters. The van der Waals surface area contributed by atoms with E-state index in [2.05, 4.69) is 10.7 Å². The molecule has 3 fully saturated rings. The van der Waals surface area contributed by atoms with Crippen LogP contribution in [0.5, 0.6) is 0 Å². The maximum absolute atomic E-state index is 12.5. The Morgan fingerprint density at radius 3 is 2.55 bits per heavy atom. The highest BCUT2D eigenvalue weighted by Crippen LogP contribution is 2.33. The van der Waals surface area contributed by atoms with Gasteiger partial charge in [0.05, 0.1) is 5.75 Å². The van der Waals surface area contributed by atoms with E-state index in [4.69, 9.17) is 0 Å². The molecule has 7 heteroatoms. The molecule has 0 unspecified atom stereocenters. The van der Waals surface area contributed by atoms with Crippen LogP contribution >= 0.6 is 11.8 Å². The lowest BCUT2D eigenvalue weighted by molar-refractivity contribution is -0.139. The van der Waals surface area contributed by atoms with Gasteiger partial charge >= 0.3 is 6.03 Å². The van der Waals surface area contributed by atoms with Gasteiger partial charge < -0.3 is 5.32 Å². The molecule has 0 radical (unpaired) electrons. The number of thioether (sulfide) groups is 1. The minimum absolute atomic E-state index is 0.270. The van der Waals surface area contributed by atoms with Crippen LogP contribution in [0.15, 0.2) is 0 Å². The highest BCUT2D eigenvalue weighted by molar-refractivity contribution is 8.00. The fourth-order valence-corrected chi connectivity index (χ4v) is 4.74. The summed E-state index contributed by atoms with van der Waals surface area (Å²) in [5.41, 5.74) is 1.71. The van der Waals surface area contributed by atoms with Crippen LogP contribution in [-0.2, 0) is 9.59 Å². The molecular weight excluding hydrogens is 302 g/mol. The van der Waals surface area contributed by atoms with E-state index in [0.29, 0.717) is 23.8 Å². The Balaban J connectivity index is 1.54. The summed E-state index contributed by atoms with van der Waals surface area (Å²) in [5, 5.41) is 4.22. The summed E-state index contributed by atoms with van der Waals surface area (Å²) < 4.78 is 0. The van der Waals surface area contributed by atoms with E-state index in [1.807, 2.05) is 0 Å². The van der Waals surface area contributed by atoms with Gasteiger partial charge in [-0.15, -0.1) is 11.8 Å². The van der Waals surface area contributed by atoms with Crippen molar-refractivity contribution >= 4 is 29.6 Å². The number of carbonyl (C=O) groups is 3. The molecule has 2 aliphatic carbocycles. The van der Waals surface area contributed by atoms with E-state index in [9.17, 15) is 14.4 Å². The molecule has 6 nitrogen and oxygen atoms in total. The summed E-state index contributed by atoms with van der Waals surface area (Å²) in [7, 11) is 0. The van der Waals surface area contributed by atoms with Crippen LogP contribution in [0.25, 0.3) is 0 Å². The van der Waals surface area contributed by atoms with Gasteiger partial charge in [-0.3, -0.25) is 15.0 Å². The number of carbonyl (C=O) groups excluding carboxylic acids is 3. The van der Waals surface area contributed by atoms with Gasteiger partial charge in [0.2, 0.25) is 5.91 Å². The zero-order chi connectivity index (χ0) is 15.6. The van der Waals surface area contributed by atoms with E-state index < -0.39 is 11.6 Å². The predicted molar refractivity (Wildman–Crippen MR) is 84.1 cm³/mol. The second-order valence-electron chi connectivity index (χ2n) is 6.47. The minimum atomic E-state index is -0.777. The van der Waals surface area contributed by atoms with E-state index in [1.165, 1.54) is 12.8 Å². The van der Waals surface area contributed by atoms with Gasteiger partial charge in [0.1, 0.15) is 5.54 Å². The highest BCUT2D eigenvalue weighted by atomic mass is 32.2. The second-order valence-corrected chi connectivity index (χ2v) is 7.75. The van der Waals surface area contributed by atoms with Crippen molar-refractivity contribution in [2.45, 2.75) is 68.6 Å². The van der Waals surface area contributed by atoms with Crippen LogP contribution in [-0.4, -0.2) is 39.4 Å². The molecule has 0 aromatic carbocycles. The minimum Gasteiger partial charge on any atom is -0.322 e. The quantitative estimate of drug-likeness (QED) is 0.774.